The first-order valence-electron chi connectivity index (χ1n) is 14.3. The number of benzene rings is 1. The van der Waals surface area contributed by atoms with Crippen molar-refractivity contribution in [1.82, 2.24) is 5.32 Å². The molecule has 0 fully saturated rings. The van der Waals surface area contributed by atoms with Crippen LogP contribution in [0.15, 0.2) is 18.2 Å². The summed E-state index contributed by atoms with van der Waals surface area (Å²) >= 11 is 0. The van der Waals surface area contributed by atoms with Crippen LogP contribution in [0.25, 0.3) is 0 Å². The Morgan fingerprint density at radius 2 is 1.64 bits per heavy atom. The number of nitrogens with one attached hydrogen (secondary N) is 1. The standard InChI is InChI=1S/C31H55N3O5/c1-20(2)24(16-23-11-12-27(38-9)28(17-23)39-14-10-13-37-8)18-26(32)22(5)15-25(21(3)4)29(35)34-19-31(6,7)30(33)36/h11-12,17,20-22,24-26H,10,13-16,18-19,32H2,1-9H3,(H2,33,36)(H,34,35). The normalized spacial score (nSPS) is 15.1. The van der Waals surface area contributed by atoms with Crippen LogP contribution in [0.5, 0.6) is 11.5 Å². The van der Waals surface area contributed by atoms with Gasteiger partial charge in [-0.2, -0.15) is 0 Å². The van der Waals surface area contributed by atoms with Crippen LogP contribution in [0, 0.1) is 35.0 Å². The second-order valence-corrected chi connectivity index (χ2v) is 12.3. The molecule has 5 N–H and O–H groups in total. The lowest BCUT2D eigenvalue weighted by atomic mass is 9.78. The van der Waals surface area contributed by atoms with Gasteiger partial charge in [0.1, 0.15) is 0 Å². The monoisotopic (exact) mass is 549 g/mol. The molecule has 0 aliphatic rings. The van der Waals surface area contributed by atoms with Crippen molar-refractivity contribution in [2.45, 2.75) is 80.2 Å². The minimum Gasteiger partial charge on any atom is -0.493 e. The third kappa shape index (κ3) is 11.8. The Labute approximate surface area is 236 Å². The topological polar surface area (TPSA) is 126 Å². The molecule has 0 aliphatic carbocycles. The van der Waals surface area contributed by atoms with E-state index in [1.165, 1.54) is 5.56 Å². The van der Waals surface area contributed by atoms with Gasteiger partial charge in [-0.1, -0.05) is 40.7 Å². The van der Waals surface area contributed by atoms with E-state index in [0.717, 1.165) is 30.8 Å². The highest BCUT2D eigenvalue weighted by molar-refractivity contribution is 5.83. The fourth-order valence-corrected chi connectivity index (χ4v) is 4.61. The van der Waals surface area contributed by atoms with Crippen LogP contribution in [0.3, 0.4) is 0 Å². The van der Waals surface area contributed by atoms with Gasteiger partial charge in [0.15, 0.2) is 11.5 Å². The summed E-state index contributed by atoms with van der Waals surface area (Å²) in [5, 5.41) is 2.95. The number of amides is 2. The fraction of sp³-hybridized carbons (Fsp3) is 0.742. The van der Waals surface area contributed by atoms with Gasteiger partial charge in [-0.05, 0) is 74.5 Å². The highest BCUT2D eigenvalue weighted by Crippen LogP contribution is 2.32. The summed E-state index contributed by atoms with van der Waals surface area (Å²) in [6, 6.07) is 6.09. The zero-order valence-electron chi connectivity index (χ0n) is 25.8. The largest absolute Gasteiger partial charge is 0.493 e. The summed E-state index contributed by atoms with van der Waals surface area (Å²) in [4.78, 5) is 24.7. The molecule has 0 aliphatic heterocycles. The van der Waals surface area contributed by atoms with Gasteiger partial charge in [0, 0.05) is 38.6 Å². The molecule has 0 radical (unpaired) electrons. The van der Waals surface area contributed by atoms with Gasteiger partial charge in [-0.15, -0.1) is 0 Å². The van der Waals surface area contributed by atoms with E-state index in [-0.39, 0.29) is 36.2 Å². The number of methoxy groups -OCH3 is 2. The molecule has 1 aromatic carbocycles. The number of rotatable bonds is 19. The zero-order chi connectivity index (χ0) is 29.8. The number of ether oxygens (including phenoxy) is 3. The summed E-state index contributed by atoms with van der Waals surface area (Å²) in [6.07, 6.45) is 3.24. The molecule has 2 amide bonds. The average Bonchev–Trinajstić information content (AvgIpc) is 2.87. The van der Waals surface area contributed by atoms with Gasteiger partial charge in [0.2, 0.25) is 11.8 Å². The van der Waals surface area contributed by atoms with Crippen molar-refractivity contribution >= 4 is 11.8 Å². The summed E-state index contributed by atoms with van der Waals surface area (Å²) in [5.74, 6) is 1.93. The minimum absolute atomic E-state index is 0.0449. The van der Waals surface area contributed by atoms with Crippen molar-refractivity contribution in [1.29, 1.82) is 0 Å². The van der Waals surface area contributed by atoms with Crippen molar-refractivity contribution in [2.75, 3.05) is 34.0 Å². The van der Waals surface area contributed by atoms with Gasteiger partial charge in [0.25, 0.3) is 0 Å². The molecule has 4 unspecified atom stereocenters. The van der Waals surface area contributed by atoms with E-state index >= 15 is 0 Å². The molecule has 0 heterocycles. The highest BCUT2D eigenvalue weighted by atomic mass is 16.5. The average molecular weight is 550 g/mol. The lowest BCUT2D eigenvalue weighted by molar-refractivity contribution is -0.129. The summed E-state index contributed by atoms with van der Waals surface area (Å²) in [5.41, 5.74) is 12.6. The third-order valence-corrected chi connectivity index (χ3v) is 7.86. The number of hydrogen-bond acceptors (Lipinski definition) is 6. The molecule has 8 nitrogen and oxygen atoms in total. The quantitative estimate of drug-likeness (QED) is 0.217. The Balaban J connectivity index is 2.87. The van der Waals surface area contributed by atoms with Crippen molar-refractivity contribution in [3.8, 4) is 11.5 Å². The summed E-state index contributed by atoms with van der Waals surface area (Å²) in [6.45, 7) is 15.6. The predicted molar refractivity (Wildman–Crippen MR) is 158 cm³/mol. The van der Waals surface area contributed by atoms with Crippen molar-refractivity contribution < 1.29 is 23.8 Å². The van der Waals surface area contributed by atoms with Crippen molar-refractivity contribution in [3.05, 3.63) is 23.8 Å². The van der Waals surface area contributed by atoms with Crippen LogP contribution in [0.4, 0.5) is 0 Å². The van der Waals surface area contributed by atoms with Crippen LogP contribution < -0.4 is 26.3 Å². The van der Waals surface area contributed by atoms with Gasteiger partial charge in [-0.3, -0.25) is 9.59 Å². The van der Waals surface area contributed by atoms with Crippen LogP contribution in [-0.4, -0.2) is 51.8 Å². The van der Waals surface area contributed by atoms with E-state index in [0.29, 0.717) is 31.5 Å². The number of nitrogens with two attached hydrogens (primary N) is 2. The lowest BCUT2D eigenvalue weighted by Gasteiger charge is -2.31. The first kappa shape index (κ1) is 34.7. The molecular weight excluding hydrogens is 494 g/mol. The van der Waals surface area contributed by atoms with Crippen molar-refractivity contribution in [3.63, 3.8) is 0 Å². The Kier molecular flexibility index (Phi) is 14.9. The number of carbonyl (C=O) groups excluding carboxylic acids is 2. The molecule has 0 saturated carbocycles. The highest BCUT2D eigenvalue weighted by Gasteiger charge is 2.31. The first-order chi connectivity index (χ1) is 18.2. The Hall–Kier alpha value is -2.32. The lowest BCUT2D eigenvalue weighted by Crippen LogP contribution is -2.45. The second-order valence-electron chi connectivity index (χ2n) is 12.3. The molecule has 39 heavy (non-hydrogen) atoms. The van der Waals surface area contributed by atoms with Crippen LogP contribution in [0.2, 0.25) is 0 Å². The molecule has 0 saturated heterocycles. The molecule has 4 atom stereocenters. The molecule has 0 spiro atoms. The van der Waals surface area contributed by atoms with Gasteiger partial charge in [0.05, 0.1) is 19.1 Å². The number of hydrogen-bond donors (Lipinski definition) is 3. The minimum atomic E-state index is -0.792. The maximum absolute atomic E-state index is 13.0. The van der Waals surface area contributed by atoms with E-state index in [1.807, 2.05) is 6.07 Å². The summed E-state index contributed by atoms with van der Waals surface area (Å²) in [7, 11) is 3.33. The summed E-state index contributed by atoms with van der Waals surface area (Å²) < 4.78 is 16.6. The van der Waals surface area contributed by atoms with Crippen LogP contribution in [-0.2, 0) is 20.7 Å². The molecule has 0 aromatic heterocycles. The third-order valence-electron chi connectivity index (χ3n) is 7.86. The Morgan fingerprint density at radius 1 is 0.974 bits per heavy atom. The fourth-order valence-electron chi connectivity index (χ4n) is 4.61. The SMILES string of the molecule is COCCCOc1cc(CC(CC(N)C(C)CC(C(=O)NCC(C)(C)C(N)=O)C(C)C)C(C)C)ccc1OC. The Morgan fingerprint density at radius 3 is 2.18 bits per heavy atom. The van der Waals surface area contributed by atoms with E-state index < -0.39 is 11.3 Å². The van der Waals surface area contributed by atoms with Gasteiger partial charge < -0.3 is 31.0 Å². The van der Waals surface area contributed by atoms with Crippen molar-refractivity contribution in [2.24, 2.45) is 46.5 Å². The zero-order valence-corrected chi connectivity index (χ0v) is 25.8. The molecular formula is C31H55N3O5. The van der Waals surface area contributed by atoms with E-state index in [9.17, 15) is 9.59 Å². The van der Waals surface area contributed by atoms with Crippen LogP contribution in [0.1, 0.15) is 73.3 Å². The Bertz CT molecular complexity index is 887. The predicted octanol–water partition coefficient (Wildman–Crippen LogP) is 4.57. The van der Waals surface area contributed by atoms with Gasteiger partial charge >= 0.3 is 0 Å². The number of carbonyl (C=O) groups is 2. The van der Waals surface area contributed by atoms with E-state index in [1.54, 1.807) is 28.1 Å². The molecule has 8 heteroatoms. The molecule has 224 valence electrons. The van der Waals surface area contributed by atoms with Gasteiger partial charge in [-0.25, -0.2) is 0 Å². The van der Waals surface area contributed by atoms with E-state index in [2.05, 4.69) is 52.1 Å². The molecule has 1 rings (SSSR count). The molecule has 1 aromatic rings. The maximum Gasteiger partial charge on any atom is 0.224 e. The first-order valence-corrected chi connectivity index (χ1v) is 14.3. The molecule has 0 bridgehead atoms. The number of primary amides is 1. The maximum atomic E-state index is 13.0. The smallest absolute Gasteiger partial charge is 0.224 e. The second kappa shape index (κ2) is 16.7. The van der Waals surface area contributed by atoms with E-state index in [4.69, 9.17) is 25.7 Å². The van der Waals surface area contributed by atoms with Crippen LogP contribution >= 0.6 is 0 Å².